The lowest BCUT2D eigenvalue weighted by molar-refractivity contribution is -0.128. The van der Waals surface area contributed by atoms with Crippen LogP contribution in [0.3, 0.4) is 0 Å². The third kappa shape index (κ3) is 5.89. The van der Waals surface area contributed by atoms with E-state index >= 15 is 0 Å². The third-order valence-electron chi connectivity index (χ3n) is 11.8. The molecular weight excluding hydrogens is 496 g/mol. The molecule has 6 unspecified atom stereocenters. The Morgan fingerprint density at radius 2 is 1.50 bits per heavy atom. The van der Waals surface area contributed by atoms with Crippen molar-refractivity contribution in [1.82, 2.24) is 9.21 Å². The van der Waals surface area contributed by atoms with Gasteiger partial charge in [-0.1, -0.05) is 26.7 Å². The molecule has 5 fully saturated rings. The maximum Gasteiger partial charge on any atom is 0.217 e. The van der Waals surface area contributed by atoms with E-state index in [9.17, 15) is 8.42 Å². The Hall–Kier alpha value is -0.210. The summed E-state index contributed by atoms with van der Waals surface area (Å²) in [6, 6.07) is 0.820. The molecule has 7 heteroatoms. The quantitative estimate of drug-likeness (QED) is 0.414. The normalized spacial score (nSPS) is 44.0. The zero-order chi connectivity index (χ0) is 26.9. The van der Waals surface area contributed by atoms with E-state index in [1.165, 1.54) is 51.4 Å². The first-order chi connectivity index (χ1) is 18.3. The van der Waals surface area contributed by atoms with E-state index in [0.29, 0.717) is 43.1 Å². The number of hydrogen-bond acceptors (Lipinski definition) is 5. The Kier molecular flexibility index (Phi) is 9.83. The lowest BCUT2D eigenvalue weighted by Crippen LogP contribution is -2.71. The van der Waals surface area contributed by atoms with E-state index in [1.54, 1.807) is 0 Å². The van der Waals surface area contributed by atoms with Crippen LogP contribution in [-0.2, 0) is 19.5 Å². The van der Waals surface area contributed by atoms with Gasteiger partial charge in [0.2, 0.25) is 10.0 Å². The molecule has 6 nitrogen and oxygen atoms in total. The fraction of sp³-hybridized carbons (Fsp3) is 1.00. The maximum atomic E-state index is 14.0. The Bertz CT molecular complexity index is 860. The van der Waals surface area contributed by atoms with E-state index in [0.717, 1.165) is 63.0 Å². The highest BCUT2D eigenvalue weighted by Crippen LogP contribution is 2.49. The molecule has 2 saturated heterocycles. The molecule has 0 spiro atoms. The van der Waals surface area contributed by atoms with Crippen molar-refractivity contribution in [3.63, 3.8) is 0 Å². The first kappa shape index (κ1) is 29.3. The second-order valence-corrected chi connectivity index (χ2v) is 16.0. The van der Waals surface area contributed by atoms with E-state index in [4.69, 9.17) is 9.47 Å². The van der Waals surface area contributed by atoms with Crippen molar-refractivity contribution in [2.24, 2.45) is 35.5 Å². The lowest BCUT2D eigenvalue weighted by Gasteiger charge is -2.60. The van der Waals surface area contributed by atoms with Crippen LogP contribution in [0.15, 0.2) is 0 Å². The Morgan fingerprint density at radius 3 is 2.18 bits per heavy atom. The summed E-state index contributed by atoms with van der Waals surface area (Å²) in [6.45, 7) is 7.92. The van der Waals surface area contributed by atoms with E-state index in [-0.39, 0.29) is 11.2 Å². The number of sulfonamides is 1. The fourth-order valence-electron chi connectivity index (χ4n) is 9.68. The monoisotopic (exact) mass is 552 g/mol. The lowest BCUT2D eigenvalue weighted by atomic mass is 9.61. The highest BCUT2D eigenvalue weighted by atomic mass is 32.2. The molecule has 3 aliphatic carbocycles. The molecule has 0 N–H and O–H groups in total. The van der Waals surface area contributed by atoms with Gasteiger partial charge in [-0.15, -0.1) is 0 Å². The topological polar surface area (TPSA) is 59.1 Å². The summed E-state index contributed by atoms with van der Waals surface area (Å²) in [5.74, 6) is 4.04. The molecule has 5 rings (SSSR count). The van der Waals surface area contributed by atoms with Crippen LogP contribution in [-0.4, -0.2) is 81.5 Å². The van der Waals surface area contributed by atoms with Crippen LogP contribution in [0.5, 0.6) is 0 Å². The second kappa shape index (κ2) is 12.8. The molecule has 0 bridgehead atoms. The number of hydrogen-bond donors (Lipinski definition) is 0. The molecule has 0 aromatic heterocycles. The van der Waals surface area contributed by atoms with E-state index in [1.807, 2.05) is 18.5 Å². The van der Waals surface area contributed by atoms with Crippen LogP contribution >= 0.6 is 0 Å². The summed E-state index contributed by atoms with van der Waals surface area (Å²) in [5.41, 5.74) is 0. The summed E-state index contributed by atoms with van der Waals surface area (Å²) >= 11 is 0. The Balaban J connectivity index is 1.26. The Morgan fingerprint density at radius 1 is 0.789 bits per heavy atom. The standard InChI is InChI=1S/C31H56N2O4S/c1-22-9-5-6-10-30(22)38(34,35)32-17-7-8-18-33-28(20-32)31(29(33)21-36-3)25-13-11-24(12-14-25)27-16-15-26(37-4)19-23(27)2/h22-31H,5-21H2,1-4H3/t22?,23?,24?,25?,26?,27?,28?,29-,30?,31+/m1/s1. The van der Waals surface area contributed by atoms with Crippen molar-refractivity contribution in [3.8, 4) is 0 Å². The molecule has 8 atom stereocenters. The molecule has 3 saturated carbocycles. The summed E-state index contributed by atoms with van der Waals surface area (Å²) < 4.78 is 41.3. The average Bonchev–Trinajstić information content (AvgIpc) is 2.90. The fourth-order valence-corrected chi connectivity index (χ4v) is 12.0. The van der Waals surface area contributed by atoms with Gasteiger partial charge in [-0.25, -0.2) is 12.7 Å². The van der Waals surface area contributed by atoms with Crippen LogP contribution in [0.1, 0.15) is 97.3 Å². The van der Waals surface area contributed by atoms with Crippen LogP contribution in [0, 0.1) is 35.5 Å². The van der Waals surface area contributed by atoms with Gasteiger partial charge in [0.05, 0.1) is 18.0 Å². The number of rotatable bonds is 7. The molecule has 0 radical (unpaired) electrons. The summed E-state index contributed by atoms with van der Waals surface area (Å²) in [7, 11) is 0.460. The molecule has 0 amide bonds. The van der Waals surface area contributed by atoms with E-state index in [2.05, 4.69) is 18.7 Å². The van der Waals surface area contributed by atoms with Gasteiger partial charge in [0.1, 0.15) is 0 Å². The predicted octanol–water partition coefficient (Wildman–Crippen LogP) is 5.56. The number of nitrogens with zero attached hydrogens (tertiary/aromatic N) is 2. The molecule has 2 heterocycles. The van der Waals surface area contributed by atoms with Crippen molar-refractivity contribution >= 4 is 10.0 Å². The molecular formula is C31H56N2O4S. The van der Waals surface area contributed by atoms with E-state index < -0.39 is 10.0 Å². The van der Waals surface area contributed by atoms with Crippen molar-refractivity contribution in [3.05, 3.63) is 0 Å². The summed E-state index contributed by atoms with van der Waals surface area (Å²) in [6.07, 6.45) is 15.8. The average molecular weight is 553 g/mol. The predicted molar refractivity (Wildman–Crippen MR) is 154 cm³/mol. The SMILES string of the molecule is COC[C@@H]1[C@@H](C2CCC(C3CCC(OC)CC3C)CC2)C2CN(S(=O)(=O)C3CCCCC3C)CCCCN21. The second-order valence-electron chi connectivity index (χ2n) is 13.8. The third-order valence-corrected chi connectivity index (χ3v) is 14.3. The van der Waals surface area contributed by atoms with Gasteiger partial charge in [0.15, 0.2) is 0 Å². The minimum atomic E-state index is -3.25. The van der Waals surface area contributed by atoms with Gasteiger partial charge >= 0.3 is 0 Å². The van der Waals surface area contributed by atoms with Crippen molar-refractivity contribution in [2.75, 3.05) is 40.5 Å². The molecule has 0 aromatic carbocycles. The highest BCUT2D eigenvalue weighted by Gasteiger charge is 2.54. The van der Waals surface area contributed by atoms with Gasteiger partial charge in [-0.05, 0) is 113 Å². The molecule has 2 aliphatic heterocycles. The Labute approximate surface area is 233 Å². The zero-order valence-electron chi connectivity index (χ0n) is 24.7. The maximum absolute atomic E-state index is 14.0. The summed E-state index contributed by atoms with van der Waals surface area (Å²) in [4.78, 5) is 2.64. The van der Waals surface area contributed by atoms with Crippen LogP contribution in [0.2, 0.25) is 0 Å². The summed E-state index contributed by atoms with van der Waals surface area (Å²) in [5, 5.41) is -0.178. The van der Waals surface area contributed by atoms with Crippen LogP contribution in [0.25, 0.3) is 0 Å². The minimum Gasteiger partial charge on any atom is -0.383 e. The first-order valence-electron chi connectivity index (χ1n) is 16.1. The van der Waals surface area contributed by atoms with Gasteiger partial charge < -0.3 is 9.47 Å². The van der Waals surface area contributed by atoms with Gasteiger partial charge in [-0.3, -0.25) is 4.90 Å². The molecule has 5 aliphatic rings. The molecule has 220 valence electrons. The van der Waals surface area contributed by atoms with Crippen molar-refractivity contribution in [2.45, 2.75) is 121 Å². The first-order valence-corrected chi connectivity index (χ1v) is 17.6. The number of methoxy groups -OCH3 is 2. The largest absolute Gasteiger partial charge is 0.383 e. The smallest absolute Gasteiger partial charge is 0.217 e. The number of fused-ring (bicyclic) bond motifs is 1. The highest BCUT2D eigenvalue weighted by molar-refractivity contribution is 7.89. The minimum absolute atomic E-state index is 0.178. The van der Waals surface area contributed by atoms with Crippen molar-refractivity contribution < 1.29 is 17.9 Å². The molecule has 38 heavy (non-hydrogen) atoms. The van der Waals surface area contributed by atoms with Crippen molar-refractivity contribution in [1.29, 1.82) is 0 Å². The number of ether oxygens (including phenoxy) is 2. The van der Waals surface area contributed by atoms with Gasteiger partial charge in [0, 0.05) is 39.4 Å². The van der Waals surface area contributed by atoms with Gasteiger partial charge in [0.25, 0.3) is 0 Å². The zero-order valence-corrected chi connectivity index (χ0v) is 25.5. The van der Waals surface area contributed by atoms with Crippen LogP contribution < -0.4 is 0 Å². The van der Waals surface area contributed by atoms with Gasteiger partial charge in [-0.2, -0.15) is 0 Å². The van der Waals surface area contributed by atoms with Crippen LogP contribution in [0.4, 0.5) is 0 Å². The molecule has 0 aromatic rings.